The van der Waals surface area contributed by atoms with Crippen molar-refractivity contribution in [3.05, 3.63) is 111 Å². The fraction of sp³-hybridized carbons (Fsp3) is 0.120. The average Bonchev–Trinajstić information content (AvgIpc) is 2.99. The summed E-state index contributed by atoms with van der Waals surface area (Å²) in [5.41, 5.74) is 4.17. The van der Waals surface area contributed by atoms with Crippen molar-refractivity contribution in [3.63, 3.8) is 0 Å². The highest BCUT2D eigenvalue weighted by Crippen LogP contribution is 2.38. The van der Waals surface area contributed by atoms with E-state index in [-0.39, 0.29) is 18.4 Å². The third kappa shape index (κ3) is 4.20. The summed E-state index contributed by atoms with van der Waals surface area (Å²) >= 11 is 7.69. The summed E-state index contributed by atoms with van der Waals surface area (Å²) in [6.45, 7) is 2.15. The van der Waals surface area contributed by atoms with E-state index in [1.165, 1.54) is 16.7 Å². The van der Waals surface area contributed by atoms with Gasteiger partial charge in [0, 0.05) is 10.8 Å². The van der Waals surface area contributed by atoms with Crippen LogP contribution < -0.4 is 0 Å². The average molecular weight is 434 g/mol. The third-order valence-corrected chi connectivity index (χ3v) is 6.49. The van der Waals surface area contributed by atoms with Gasteiger partial charge in [-0.25, -0.2) is 0 Å². The zero-order chi connectivity index (χ0) is 21.1. The topological polar surface area (TPSA) is 37.4 Å². The number of imide groups is 1. The molecule has 0 spiro atoms. The van der Waals surface area contributed by atoms with E-state index >= 15 is 0 Å². The zero-order valence-electron chi connectivity index (χ0n) is 16.5. The molecule has 1 aliphatic rings. The molecule has 0 radical (unpaired) electrons. The molecule has 0 unspecified atom stereocenters. The molecule has 0 N–H and O–H groups in total. The van der Waals surface area contributed by atoms with Crippen LogP contribution in [0.4, 0.5) is 0 Å². The van der Waals surface area contributed by atoms with Crippen molar-refractivity contribution in [2.24, 2.45) is 0 Å². The second-order valence-corrected chi connectivity index (χ2v) is 8.53. The molecule has 0 fully saturated rings. The molecule has 3 aromatic carbocycles. The number of carbonyl (C=O) groups is 2. The molecule has 0 aromatic heterocycles. The highest BCUT2D eigenvalue weighted by molar-refractivity contribution is 8.03. The summed E-state index contributed by atoms with van der Waals surface area (Å²) in [6, 6.07) is 24.9. The fourth-order valence-corrected chi connectivity index (χ4v) is 4.61. The van der Waals surface area contributed by atoms with Crippen LogP contribution >= 0.6 is 23.4 Å². The number of nitrogens with zero attached hydrogens (tertiary/aromatic N) is 1. The number of benzene rings is 3. The van der Waals surface area contributed by atoms with Gasteiger partial charge in [-0.05, 0) is 29.7 Å². The minimum atomic E-state index is -0.278. The van der Waals surface area contributed by atoms with Crippen molar-refractivity contribution in [3.8, 4) is 0 Å². The molecular weight excluding hydrogens is 414 g/mol. The minimum absolute atomic E-state index is 0.155. The van der Waals surface area contributed by atoms with Crippen molar-refractivity contribution in [1.29, 1.82) is 0 Å². The van der Waals surface area contributed by atoms with E-state index < -0.39 is 0 Å². The van der Waals surface area contributed by atoms with E-state index in [0.717, 1.165) is 22.3 Å². The Morgan fingerprint density at radius 2 is 1.50 bits per heavy atom. The van der Waals surface area contributed by atoms with Crippen LogP contribution in [-0.4, -0.2) is 16.7 Å². The van der Waals surface area contributed by atoms with Crippen molar-refractivity contribution in [2.75, 3.05) is 0 Å². The molecule has 0 atom stereocenters. The van der Waals surface area contributed by atoms with Crippen LogP contribution in [0.5, 0.6) is 0 Å². The van der Waals surface area contributed by atoms with E-state index in [2.05, 4.69) is 0 Å². The lowest BCUT2D eigenvalue weighted by Gasteiger charge is -2.16. The first-order valence-corrected chi connectivity index (χ1v) is 11.0. The fourth-order valence-electron chi connectivity index (χ4n) is 3.33. The molecule has 0 saturated heterocycles. The highest BCUT2D eigenvalue weighted by atomic mass is 35.5. The van der Waals surface area contributed by atoms with Gasteiger partial charge in [-0.15, -0.1) is 11.8 Å². The normalized spacial score (nSPS) is 14.0. The Balaban J connectivity index is 1.68. The van der Waals surface area contributed by atoms with E-state index in [9.17, 15) is 9.59 Å². The van der Waals surface area contributed by atoms with Gasteiger partial charge in [-0.3, -0.25) is 14.5 Å². The number of carbonyl (C=O) groups excluding carboxylic acids is 2. The van der Waals surface area contributed by atoms with Crippen LogP contribution in [0.1, 0.15) is 22.3 Å². The van der Waals surface area contributed by atoms with Gasteiger partial charge in [0.25, 0.3) is 11.8 Å². The molecule has 1 aliphatic heterocycles. The maximum Gasteiger partial charge on any atom is 0.268 e. The lowest BCUT2D eigenvalue weighted by Crippen LogP contribution is -2.31. The molecule has 1 heterocycles. The van der Waals surface area contributed by atoms with Crippen molar-refractivity contribution in [1.82, 2.24) is 4.90 Å². The molecular formula is C25H20ClNO2S. The van der Waals surface area contributed by atoms with Gasteiger partial charge in [-0.2, -0.15) is 0 Å². The van der Waals surface area contributed by atoms with Gasteiger partial charge in [0.05, 0.1) is 17.0 Å². The summed E-state index contributed by atoms with van der Waals surface area (Å²) in [5.74, 6) is 0.0700. The third-order valence-electron chi connectivity index (χ3n) is 4.98. The van der Waals surface area contributed by atoms with E-state index in [1.807, 2.05) is 79.7 Å². The molecule has 0 bridgehead atoms. The van der Waals surface area contributed by atoms with Crippen LogP contribution in [0.25, 0.3) is 5.57 Å². The molecule has 2 amide bonds. The molecule has 0 aliphatic carbocycles. The molecule has 150 valence electrons. The molecule has 3 nitrogen and oxygen atoms in total. The maximum absolute atomic E-state index is 13.3. The Kier molecular flexibility index (Phi) is 6.07. The molecule has 4 rings (SSSR count). The Morgan fingerprint density at radius 1 is 0.833 bits per heavy atom. The standard InChI is InChI=1S/C25H20ClNO2S/c1-17-11-13-19(14-12-17)22-23(30-16-18-7-3-2-4-8-18)25(29)27(24(22)28)15-20-9-5-6-10-21(20)26/h2-14H,15-16H2,1H3. The van der Waals surface area contributed by atoms with Gasteiger partial charge in [0.15, 0.2) is 0 Å². The van der Waals surface area contributed by atoms with Gasteiger partial charge in [0.1, 0.15) is 0 Å². The van der Waals surface area contributed by atoms with Crippen molar-refractivity contribution < 1.29 is 9.59 Å². The maximum atomic E-state index is 13.3. The summed E-state index contributed by atoms with van der Waals surface area (Å²) in [4.78, 5) is 28.4. The largest absolute Gasteiger partial charge is 0.269 e. The lowest BCUT2D eigenvalue weighted by atomic mass is 10.0. The molecule has 0 saturated carbocycles. The van der Waals surface area contributed by atoms with Gasteiger partial charge in [0.2, 0.25) is 0 Å². The number of aryl methyl sites for hydroxylation is 1. The van der Waals surface area contributed by atoms with Gasteiger partial charge < -0.3 is 0 Å². The monoisotopic (exact) mass is 433 g/mol. The first-order chi connectivity index (χ1) is 14.5. The van der Waals surface area contributed by atoms with E-state index in [4.69, 9.17) is 11.6 Å². The molecule has 30 heavy (non-hydrogen) atoms. The van der Waals surface area contributed by atoms with Crippen LogP contribution in [0.3, 0.4) is 0 Å². The van der Waals surface area contributed by atoms with Gasteiger partial charge in [-0.1, -0.05) is 90.0 Å². The Morgan fingerprint density at radius 3 is 2.20 bits per heavy atom. The summed E-state index contributed by atoms with van der Waals surface area (Å²) in [6.07, 6.45) is 0. The van der Waals surface area contributed by atoms with Crippen LogP contribution in [0.2, 0.25) is 5.02 Å². The second-order valence-electron chi connectivity index (χ2n) is 7.13. The lowest BCUT2D eigenvalue weighted by molar-refractivity contribution is -0.137. The quantitative estimate of drug-likeness (QED) is 0.457. The summed E-state index contributed by atoms with van der Waals surface area (Å²) in [7, 11) is 0. The zero-order valence-corrected chi connectivity index (χ0v) is 18.0. The Labute approximate surface area is 185 Å². The number of thioether (sulfide) groups is 1. The Hall–Kier alpha value is -2.82. The van der Waals surface area contributed by atoms with Crippen LogP contribution in [0.15, 0.2) is 83.8 Å². The highest BCUT2D eigenvalue weighted by Gasteiger charge is 2.39. The number of hydrogen-bond donors (Lipinski definition) is 0. The predicted octanol–water partition coefficient (Wildman–Crippen LogP) is 5.86. The van der Waals surface area contributed by atoms with Crippen LogP contribution in [-0.2, 0) is 21.9 Å². The van der Waals surface area contributed by atoms with E-state index in [0.29, 0.717) is 21.3 Å². The van der Waals surface area contributed by atoms with E-state index in [1.54, 1.807) is 6.07 Å². The minimum Gasteiger partial charge on any atom is -0.269 e. The molecule has 5 heteroatoms. The summed E-state index contributed by atoms with van der Waals surface area (Å²) in [5, 5.41) is 0.542. The van der Waals surface area contributed by atoms with Crippen LogP contribution in [0, 0.1) is 6.92 Å². The second kappa shape index (κ2) is 8.90. The SMILES string of the molecule is Cc1ccc(C2=C(SCc3ccccc3)C(=O)N(Cc3ccccc3Cl)C2=O)cc1. The predicted molar refractivity (Wildman–Crippen MR) is 123 cm³/mol. The first-order valence-electron chi connectivity index (χ1n) is 9.62. The Bertz CT molecular complexity index is 1120. The number of rotatable bonds is 6. The summed E-state index contributed by atoms with van der Waals surface area (Å²) < 4.78 is 0. The smallest absolute Gasteiger partial charge is 0.268 e. The number of hydrogen-bond acceptors (Lipinski definition) is 3. The van der Waals surface area contributed by atoms with Crippen molar-refractivity contribution in [2.45, 2.75) is 19.2 Å². The van der Waals surface area contributed by atoms with Gasteiger partial charge >= 0.3 is 0 Å². The first kappa shape index (κ1) is 20.5. The number of amides is 2. The number of halogens is 1. The van der Waals surface area contributed by atoms with Crippen molar-refractivity contribution >= 4 is 40.8 Å². The molecule has 3 aromatic rings.